The molecule has 0 atom stereocenters. The molecule has 1 heterocycles. The molecule has 3 aromatic rings. The lowest BCUT2D eigenvalue weighted by Crippen LogP contribution is -2.18. The van der Waals surface area contributed by atoms with Crippen LogP contribution >= 0.6 is 0 Å². The summed E-state index contributed by atoms with van der Waals surface area (Å²) in [6.07, 6.45) is 0.405. The molecule has 0 radical (unpaired) electrons. The van der Waals surface area contributed by atoms with Crippen LogP contribution in [-0.2, 0) is 6.42 Å². The quantitative estimate of drug-likeness (QED) is 0.357. The number of rotatable bonds is 2. The molecule has 2 amide bonds. The number of amides is 2. The van der Waals surface area contributed by atoms with Crippen LogP contribution in [0.15, 0.2) is 66.7 Å². The Morgan fingerprint density at radius 3 is 2.55 bits per heavy atom. The van der Waals surface area contributed by atoms with Crippen LogP contribution in [0.1, 0.15) is 31.8 Å². The highest BCUT2D eigenvalue weighted by atomic mass is 16.5. The number of hydrogen-bond donors (Lipinski definition) is 3. The number of anilines is 1. The van der Waals surface area contributed by atoms with Crippen LogP contribution in [-0.4, -0.2) is 17.0 Å². The molecule has 6 nitrogen and oxygen atoms in total. The fourth-order valence-corrected chi connectivity index (χ4v) is 3.00. The maximum absolute atomic E-state index is 12.5. The molecule has 0 aliphatic carbocycles. The lowest BCUT2D eigenvalue weighted by Gasteiger charge is -2.10. The first kappa shape index (κ1) is 18.3. The summed E-state index contributed by atoms with van der Waals surface area (Å²) in [4.78, 5) is 23.9. The van der Waals surface area contributed by atoms with Gasteiger partial charge < -0.3 is 10.1 Å². The fourth-order valence-electron chi connectivity index (χ4n) is 3.00. The zero-order valence-electron chi connectivity index (χ0n) is 15.2. The average molecular weight is 384 g/mol. The van der Waals surface area contributed by atoms with Crippen molar-refractivity contribution >= 4 is 17.5 Å². The van der Waals surface area contributed by atoms with Gasteiger partial charge in [0.1, 0.15) is 5.75 Å². The molecule has 0 aromatic heterocycles. The van der Waals surface area contributed by atoms with Crippen LogP contribution in [0, 0.1) is 11.8 Å². The van der Waals surface area contributed by atoms with E-state index >= 15 is 0 Å². The maximum atomic E-state index is 12.5. The van der Waals surface area contributed by atoms with E-state index in [1.807, 2.05) is 18.2 Å². The van der Waals surface area contributed by atoms with Crippen molar-refractivity contribution in [2.45, 2.75) is 6.42 Å². The van der Waals surface area contributed by atoms with Crippen LogP contribution in [0.3, 0.4) is 0 Å². The molecular weight excluding hydrogens is 368 g/mol. The Kier molecular flexibility index (Phi) is 4.97. The van der Waals surface area contributed by atoms with E-state index in [2.05, 4.69) is 17.2 Å². The van der Waals surface area contributed by atoms with E-state index in [0.717, 1.165) is 11.1 Å². The maximum Gasteiger partial charge on any atom is 0.274 e. The predicted octanol–water partition coefficient (Wildman–Crippen LogP) is 3.76. The van der Waals surface area contributed by atoms with E-state index in [9.17, 15) is 9.59 Å². The van der Waals surface area contributed by atoms with Gasteiger partial charge in [0.2, 0.25) is 0 Å². The fraction of sp³-hybridized carbons (Fsp3) is 0.0435. The van der Waals surface area contributed by atoms with Crippen molar-refractivity contribution in [1.29, 1.82) is 0 Å². The molecule has 0 fully saturated rings. The molecule has 0 saturated heterocycles. The third-order valence-electron chi connectivity index (χ3n) is 4.46. The summed E-state index contributed by atoms with van der Waals surface area (Å²) < 4.78 is 5.93. The third kappa shape index (κ3) is 3.81. The molecule has 142 valence electrons. The number of fused-ring (bicyclic) bond motifs is 2. The normalized spacial score (nSPS) is 11.6. The minimum atomic E-state index is -0.576. The molecule has 3 N–H and O–H groups in total. The number of para-hydroxylation sites is 2. The number of carbonyl (C=O) groups excluding carboxylic acids is 2. The Labute approximate surface area is 167 Å². The molecule has 0 spiro atoms. The second-order valence-corrected chi connectivity index (χ2v) is 6.34. The first-order valence-corrected chi connectivity index (χ1v) is 8.89. The number of ether oxygens (including phenoxy) is 1. The summed E-state index contributed by atoms with van der Waals surface area (Å²) in [5, 5.41) is 11.6. The van der Waals surface area contributed by atoms with Gasteiger partial charge in [-0.1, -0.05) is 36.1 Å². The predicted molar refractivity (Wildman–Crippen MR) is 107 cm³/mol. The SMILES string of the molecule is O=C(NO)c1ccc(C#CCc2cccc3c2NC(=O)c2ccccc2O3)cc1. The van der Waals surface area contributed by atoms with E-state index < -0.39 is 5.91 Å². The molecule has 29 heavy (non-hydrogen) atoms. The minimum Gasteiger partial charge on any atom is -0.454 e. The summed E-state index contributed by atoms with van der Waals surface area (Å²) in [5.41, 5.74) is 4.59. The highest BCUT2D eigenvalue weighted by Gasteiger charge is 2.21. The molecule has 4 rings (SSSR count). The van der Waals surface area contributed by atoms with Crippen molar-refractivity contribution in [3.63, 3.8) is 0 Å². The number of nitrogens with one attached hydrogen (secondary N) is 2. The molecule has 0 bridgehead atoms. The number of hydrogen-bond acceptors (Lipinski definition) is 4. The Morgan fingerprint density at radius 1 is 1.00 bits per heavy atom. The molecule has 0 unspecified atom stereocenters. The van der Waals surface area contributed by atoms with E-state index in [0.29, 0.717) is 34.7 Å². The summed E-state index contributed by atoms with van der Waals surface area (Å²) in [6, 6.07) is 19.2. The molecule has 0 saturated carbocycles. The van der Waals surface area contributed by atoms with Crippen LogP contribution in [0.2, 0.25) is 0 Å². The smallest absolute Gasteiger partial charge is 0.274 e. The van der Waals surface area contributed by atoms with Crippen LogP contribution in [0.5, 0.6) is 11.5 Å². The van der Waals surface area contributed by atoms with Crippen molar-refractivity contribution in [1.82, 2.24) is 5.48 Å². The lowest BCUT2D eigenvalue weighted by atomic mass is 10.1. The first-order valence-electron chi connectivity index (χ1n) is 8.89. The summed E-state index contributed by atoms with van der Waals surface area (Å²) in [6.45, 7) is 0. The average Bonchev–Trinajstić information content (AvgIpc) is 2.90. The Bertz CT molecular complexity index is 1160. The number of carbonyl (C=O) groups is 2. The molecule has 1 aliphatic rings. The standard InChI is InChI=1S/C23H16N2O4/c26-22(25-28)17-13-11-15(12-14-17)5-3-6-16-7-4-10-20-21(16)24-23(27)18-8-1-2-9-19(18)29-20/h1-2,4,7-14,28H,6H2,(H,24,27)(H,25,26). The summed E-state index contributed by atoms with van der Waals surface area (Å²) in [7, 11) is 0. The van der Waals surface area contributed by atoms with Crippen molar-refractivity contribution in [2.24, 2.45) is 0 Å². The lowest BCUT2D eigenvalue weighted by molar-refractivity contribution is 0.0706. The molecule has 1 aliphatic heterocycles. The van der Waals surface area contributed by atoms with Gasteiger partial charge in [0, 0.05) is 17.5 Å². The number of benzene rings is 3. The van der Waals surface area contributed by atoms with Crippen molar-refractivity contribution in [3.05, 3.63) is 89.0 Å². The van der Waals surface area contributed by atoms with E-state index in [4.69, 9.17) is 9.94 Å². The molecule has 3 aromatic carbocycles. The number of hydroxylamine groups is 1. The van der Waals surface area contributed by atoms with Gasteiger partial charge >= 0.3 is 0 Å². The Balaban J connectivity index is 1.57. The summed E-state index contributed by atoms with van der Waals surface area (Å²) in [5.74, 6) is 6.39. The monoisotopic (exact) mass is 384 g/mol. The minimum absolute atomic E-state index is 0.225. The highest BCUT2D eigenvalue weighted by Crippen LogP contribution is 2.37. The van der Waals surface area contributed by atoms with Crippen LogP contribution < -0.4 is 15.5 Å². The van der Waals surface area contributed by atoms with Gasteiger partial charge in [-0.15, -0.1) is 0 Å². The zero-order chi connectivity index (χ0) is 20.2. The summed E-state index contributed by atoms with van der Waals surface area (Å²) >= 11 is 0. The van der Waals surface area contributed by atoms with Gasteiger partial charge in [0.05, 0.1) is 11.3 Å². The van der Waals surface area contributed by atoms with Crippen molar-refractivity contribution in [3.8, 4) is 23.3 Å². The van der Waals surface area contributed by atoms with E-state index in [1.54, 1.807) is 54.0 Å². The van der Waals surface area contributed by atoms with Gasteiger partial charge in [-0.05, 0) is 48.0 Å². The van der Waals surface area contributed by atoms with Crippen molar-refractivity contribution in [2.75, 3.05) is 5.32 Å². The van der Waals surface area contributed by atoms with Crippen LogP contribution in [0.4, 0.5) is 5.69 Å². The highest BCUT2D eigenvalue weighted by molar-refractivity contribution is 6.08. The van der Waals surface area contributed by atoms with Gasteiger partial charge in [-0.2, -0.15) is 0 Å². The second-order valence-electron chi connectivity index (χ2n) is 6.34. The van der Waals surface area contributed by atoms with Gasteiger partial charge in [-0.3, -0.25) is 14.8 Å². The van der Waals surface area contributed by atoms with E-state index in [-0.39, 0.29) is 5.91 Å². The van der Waals surface area contributed by atoms with Gasteiger partial charge in [0.15, 0.2) is 5.75 Å². The van der Waals surface area contributed by atoms with Gasteiger partial charge in [0.25, 0.3) is 11.8 Å². The molecule has 6 heteroatoms. The van der Waals surface area contributed by atoms with Crippen molar-refractivity contribution < 1.29 is 19.5 Å². The Hall–Kier alpha value is -4.08. The largest absolute Gasteiger partial charge is 0.454 e. The zero-order valence-corrected chi connectivity index (χ0v) is 15.2. The molecular formula is C23H16N2O4. The topological polar surface area (TPSA) is 87.7 Å². The third-order valence-corrected chi connectivity index (χ3v) is 4.46. The second kappa shape index (κ2) is 7.89. The van der Waals surface area contributed by atoms with Crippen LogP contribution in [0.25, 0.3) is 0 Å². The van der Waals surface area contributed by atoms with E-state index in [1.165, 1.54) is 0 Å². The first-order chi connectivity index (χ1) is 14.2. The van der Waals surface area contributed by atoms with Gasteiger partial charge in [-0.25, -0.2) is 5.48 Å². The Morgan fingerprint density at radius 2 is 1.76 bits per heavy atom.